The summed E-state index contributed by atoms with van der Waals surface area (Å²) in [7, 11) is -4.35. The molecule has 0 radical (unpaired) electrons. The van der Waals surface area contributed by atoms with Crippen LogP contribution in [0.15, 0.2) is 65.2 Å². The van der Waals surface area contributed by atoms with Gasteiger partial charge >= 0.3 is 0 Å². The van der Waals surface area contributed by atoms with Crippen molar-refractivity contribution in [3.8, 4) is 6.07 Å². The van der Waals surface area contributed by atoms with Gasteiger partial charge in [-0.15, -0.1) is 0 Å². The van der Waals surface area contributed by atoms with Crippen LogP contribution < -0.4 is 16.4 Å². The average molecular weight is 386 g/mol. The second kappa shape index (κ2) is 8.13. The van der Waals surface area contributed by atoms with Crippen molar-refractivity contribution in [2.75, 3.05) is 11.1 Å². The van der Waals surface area contributed by atoms with Crippen molar-refractivity contribution < 1.29 is 22.6 Å². The molecule has 0 spiro atoms. The maximum absolute atomic E-state index is 12.1. The molecule has 0 unspecified atom stereocenters. The number of anilines is 2. The van der Waals surface area contributed by atoms with Gasteiger partial charge in [-0.1, -0.05) is 12.1 Å². The number of hydrogen-bond donors (Lipinski definition) is 4. The molecular weight excluding hydrogens is 372 g/mol. The molecule has 0 aliphatic carbocycles. The van der Waals surface area contributed by atoms with Gasteiger partial charge in [-0.25, -0.2) is 0 Å². The molecule has 0 saturated carbocycles. The molecule has 10 heteroatoms. The van der Waals surface area contributed by atoms with Crippen molar-refractivity contribution in [1.82, 2.24) is 5.32 Å². The van der Waals surface area contributed by atoms with Crippen molar-refractivity contribution in [2.45, 2.75) is 4.90 Å². The van der Waals surface area contributed by atoms with Gasteiger partial charge in [0.1, 0.15) is 11.6 Å². The first-order valence-corrected chi connectivity index (χ1v) is 8.81. The maximum Gasteiger partial charge on any atom is 0.294 e. The van der Waals surface area contributed by atoms with E-state index < -0.39 is 27.5 Å². The molecule has 138 valence electrons. The number of hydrogen-bond acceptors (Lipinski definition) is 6. The molecule has 2 rings (SSSR count). The minimum Gasteiger partial charge on any atom is -0.398 e. The highest BCUT2D eigenvalue weighted by molar-refractivity contribution is 7.85. The highest BCUT2D eigenvalue weighted by atomic mass is 32.2. The number of benzene rings is 2. The van der Waals surface area contributed by atoms with Crippen LogP contribution >= 0.6 is 0 Å². The lowest BCUT2D eigenvalue weighted by Gasteiger charge is -2.06. The Labute approximate surface area is 154 Å². The number of nitriles is 1. The van der Waals surface area contributed by atoms with Crippen molar-refractivity contribution in [3.63, 3.8) is 0 Å². The van der Waals surface area contributed by atoms with Crippen LogP contribution in [0.4, 0.5) is 11.4 Å². The summed E-state index contributed by atoms with van der Waals surface area (Å²) in [5, 5.41) is 13.8. The molecule has 0 bridgehead atoms. The minimum atomic E-state index is -4.35. The van der Waals surface area contributed by atoms with Crippen molar-refractivity contribution in [3.05, 3.63) is 65.9 Å². The normalized spacial score (nSPS) is 11.3. The Morgan fingerprint density at radius 2 is 1.74 bits per heavy atom. The number of carbonyl (C=O) groups is 2. The summed E-state index contributed by atoms with van der Waals surface area (Å²) in [5.74, 6) is -1.41. The van der Waals surface area contributed by atoms with Gasteiger partial charge in [-0.05, 0) is 36.4 Å². The standard InChI is InChI=1S/C17H14N4O5S/c18-9-11(10-20-17(23)14-3-1-2-4-15(14)19)16(22)21-12-5-7-13(8-6-12)27(24,25)26/h1-8,10H,19H2,(H,20,23)(H,21,22)(H,24,25,26)/b11-10-. The Bertz CT molecular complexity index is 1050. The monoisotopic (exact) mass is 386 g/mol. The van der Waals surface area contributed by atoms with Crippen LogP contribution in [0.5, 0.6) is 0 Å². The molecule has 0 saturated heterocycles. The van der Waals surface area contributed by atoms with Crippen LogP contribution in [0.25, 0.3) is 0 Å². The molecule has 27 heavy (non-hydrogen) atoms. The van der Waals surface area contributed by atoms with E-state index in [1.54, 1.807) is 18.2 Å². The van der Waals surface area contributed by atoms with Gasteiger partial charge in [0.25, 0.3) is 21.9 Å². The fraction of sp³-hybridized carbons (Fsp3) is 0. The van der Waals surface area contributed by atoms with E-state index in [1.165, 1.54) is 24.3 Å². The van der Waals surface area contributed by atoms with E-state index in [1.807, 2.05) is 0 Å². The first-order valence-electron chi connectivity index (χ1n) is 7.37. The first kappa shape index (κ1) is 19.6. The largest absolute Gasteiger partial charge is 0.398 e. The number of amides is 2. The summed E-state index contributed by atoms with van der Waals surface area (Å²) >= 11 is 0. The summed E-state index contributed by atoms with van der Waals surface area (Å²) in [5.41, 5.74) is 5.90. The number of rotatable bonds is 5. The maximum atomic E-state index is 12.1. The number of nitrogens with one attached hydrogen (secondary N) is 2. The third-order valence-corrected chi connectivity index (χ3v) is 4.20. The Hall–Kier alpha value is -3.68. The van der Waals surface area contributed by atoms with E-state index in [-0.39, 0.29) is 21.8 Å². The predicted octanol–water partition coefficient (Wildman–Crippen LogP) is 1.29. The summed E-state index contributed by atoms with van der Waals surface area (Å²) in [6.07, 6.45) is 0.941. The molecule has 2 aromatic carbocycles. The molecule has 5 N–H and O–H groups in total. The summed E-state index contributed by atoms with van der Waals surface area (Å²) in [6.45, 7) is 0. The Balaban J connectivity index is 2.09. The SMILES string of the molecule is N#C/C(=C/NC(=O)c1ccccc1N)C(=O)Nc1ccc(S(=O)(=O)O)cc1. The lowest BCUT2D eigenvalue weighted by molar-refractivity contribution is -0.112. The molecule has 0 aliphatic heterocycles. The third kappa shape index (κ3) is 5.15. The van der Waals surface area contributed by atoms with Crippen molar-refractivity contribution in [2.24, 2.45) is 0 Å². The quantitative estimate of drug-likeness (QED) is 0.260. The molecule has 9 nitrogen and oxygen atoms in total. The lowest BCUT2D eigenvalue weighted by Crippen LogP contribution is -2.22. The smallest absolute Gasteiger partial charge is 0.294 e. The Morgan fingerprint density at radius 3 is 2.30 bits per heavy atom. The van der Waals surface area contributed by atoms with Crippen LogP contribution in [0, 0.1) is 11.3 Å². The highest BCUT2D eigenvalue weighted by Gasteiger charge is 2.13. The van der Waals surface area contributed by atoms with E-state index in [9.17, 15) is 18.0 Å². The number of nitrogens with two attached hydrogens (primary N) is 1. The van der Waals surface area contributed by atoms with Gasteiger partial charge in [0.15, 0.2) is 0 Å². The van der Waals surface area contributed by atoms with Gasteiger partial charge in [-0.2, -0.15) is 13.7 Å². The zero-order valence-corrected chi connectivity index (χ0v) is 14.5. The summed E-state index contributed by atoms with van der Waals surface area (Å²) in [6, 6.07) is 12.6. The van der Waals surface area contributed by atoms with Crippen LogP contribution in [-0.2, 0) is 14.9 Å². The number of carbonyl (C=O) groups excluding carboxylic acids is 2. The van der Waals surface area contributed by atoms with Crippen LogP contribution in [0.1, 0.15) is 10.4 Å². The minimum absolute atomic E-state index is 0.187. The molecule has 0 aromatic heterocycles. The second-order valence-corrected chi connectivity index (χ2v) is 6.61. The molecule has 0 aliphatic rings. The average Bonchev–Trinajstić information content (AvgIpc) is 2.62. The topological polar surface area (TPSA) is 162 Å². The molecular formula is C17H14N4O5S. The Kier molecular flexibility index (Phi) is 5.92. The van der Waals surface area contributed by atoms with E-state index in [2.05, 4.69) is 10.6 Å². The van der Waals surface area contributed by atoms with E-state index >= 15 is 0 Å². The number of nitrogen functional groups attached to an aromatic ring is 1. The number of nitrogens with zero attached hydrogens (tertiary/aromatic N) is 1. The van der Waals surface area contributed by atoms with Crippen LogP contribution in [0.3, 0.4) is 0 Å². The predicted molar refractivity (Wildman–Crippen MR) is 96.9 cm³/mol. The van der Waals surface area contributed by atoms with Crippen molar-refractivity contribution >= 4 is 33.3 Å². The molecule has 0 heterocycles. The lowest BCUT2D eigenvalue weighted by atomic mass is 10.1. The fourth-order valence-electron chi connectivity index (χ4n) is 1.98. The van der Waals surface area contributed by atoms with Gasteiger partial charge in [0.2, 0.25) is 0 Å². The number of para-hydroxylation sites is 1. The summed E-state index contributed by atoms with van der Waals surface area (Å²) in [4.78, 5) is 23.8. The van der Waals surface area contributed by atoms with E-state index in [4.69, 9.17) is 15.5 Å². The third-order valence-electron chi connectivity index (χ3n) is 3.33. The molecule has 0 atom stereocenters. The van der Waals surface area contributed by atoms with Crippen LogP contribution in [-0.4, -0.2) is 24.8 Å². The Morgan fingerprint density at radius 1 is 1.11 bits per heavy atom. The van der Waals surface area contributed by atoms with Crippen LogP contribution in [0.2, 0.25) is 0 Å². The zero-order chi connectivity index (χ0) is 20.0. The fourth-order valence-corrected chi connectivity index (χ4v) is 2.46. The molecule has 2 aromatic rings. The highest BCUT2D eigenvalue weighted by Crippen LogP contribution is 2.14. The second-order valence-electron chi connectivity index (χ2n) is 5.18. The zero-order valence-electron chi connectivity index (χ0n) is 13.7. The van der Waals surface area contributed by atoms with Gasteiger partial charge in [0.05, 0.1) is 10.5 Å². The first-order chi connectivity index (χ1) is 12.7. The van der Waals surface area contributed by atoms with E-state index in [0.29, 0.717) is 0 Å². The van der Waals surface area contributed by atoms with Gasteiger partial charge in [0, 0.05) is 17.6 Å². The van der Waals surface area contributed by atoms with Crippen molar-refractivity contribution in [1.29, 1.82) is 5.26 Å². The van der Waals surface area contributed by atoms with Gasteiger partial charge < -0.3 is 16.4 Å². The van der Waals surface area contributed by atoms with Gasteiger partial charge in [-0.3, -0.25) is 14.1 Å². The summed E-state index contributed by atoms with van der Waals surface area (Å²) < 4.78 is 30.9. The molecule has 2 amide bonds. The van der Waals surface area contributed by atoms with E-state index in [0.717, 1.165) is 18.3 Å². The molecule has 0 fully saturated rings.